The number of ether oxygens (including phenoxy) is 1. The first-order chi connectivity index (χ1) is 9.66. The molecule has 0 fully saturated rings. The molecule has 0 aliphatic rings. The highest BCUT2D eigenvalue weighted by atomic mass is 32.2. The van der Waals surface area contributed by atoms with Crippen molar-refractivity contribution in [2.24, 2.45) is 0 Å². The van der Waals surface area contributed by atoms with Gasteiger partial charge in [-0.3, -0.25) is 0 Å². The van der Waals surface area contributed by atoms with E-state index in [1.807, 2.05) is 24.3 Å². The first-order valence-electron chi connectivity index (χ1n) is 6.10. The van der Waals surface area contributed by atoms with E-state index in [9.17, 15) is 4.79 Å². The smallest absolute Gasteiger partial charge is 0.335 e. The van der Waals surface area contributed by atoms with Gasteiger partial charge in [0.2, 0.25) is 0 Å². The summed E-state index contributed by atoms with van der Waals surface area (Å²) in [6, 6.07) is 14.1. The molecule has 0 bridgehead atoms. The Bertz CT molecular complexity index is 584. The van der Waals surface area contributed by atoms with Crippen molar-refractivity contribution in [2.75, 3.05) is 18.1 Å². The predicted octanol–water partition coefficient (Wildman–Crippen LogP) is 3.14. The molecule has 0 saturated heterocycles. The van der Waals surface area contributed by atoms with Crippen LogP contribution in [0.25, 0.3) is 0 Å². The van der Waals surface area contributed by atoms with E-state index >= 15 is 0 Å². The monoisotopic (exact) mass is 289 g/mol. The highest BCUT2D eigenvalue weighted by Crippen LogP contribution is 2.24. The Morgan fingerprint density at radius 2 is 1.85 bits per heavy atom. The van der Waals surface area contributed by atoms with E-state index in [-0.39, 0.29) is 5.56 Å². The third kappa shape index (κ3) is 3.93. The standard InChI is InChI=1S/C15H15NO3S/c16-13-3-1-2-4-14(13)20-10-9-19-12-7-5-11(6-8-12)15(17)18/h1-8H,9-10,16H2,(H,17,18). The number of rotatable bonds is 6. The number of hydrogen-bond donors (Lipinski definition) is 2. The molecular formula is C15H15NO3S. The Kier molecular flexibility index (Phi) is 4.90. The summed E-state index contributed by atoms with van der Waals surface area (Å²) < 4.78 is 5.55. The van der Waals surface area contributed by atoms with Crippen molar-refractivity contribution in [1.82, 2.24) is 0 Å². The quantitative estimate of drug-likeness (QED) is 0.485. The van der Waals surface area contributed by atoms with Crippen molar-refractivity contribution >= 4 is 23.4 Å². The summed E-state index contributed by atoms with van der Waals surface area (Å²) in [7, 11) is 0. The maximum absolute atomic E-state index is 10.7. The van der Waals surface area contributed by atoms with E-state index in [0.717, 1.165) is 16.3 Å². The Morgan fingerprint density at radius 3 is 2.50 bits per heavy atom. The van der Waals surface area contributed by atoms with E-state index in [1.54, 1.807) is 23.9 Å². The molecule has 0 heterocycles. The predicted molar refractivity (Wildman–Crippen MR) is 80.5 cm³/mol. The molecule has 0 saturated carbocycles. The summed E-state index contributed by atoms with van der Waals surface area (Å²) >= 11 is 1.63. The maximum atomic E-state index is 10.7. The summed E-state index contributed by atoms with van der Waals surface area (Å²) in [5.41, 5.74) is 6.86. The van der Waals surface area contributed by atoms with E-state index < -0.39 is 5.97 Å². The van der Waals surface area contributed by atoms with Crippen LogP contribution in [-0.4, -0.2) is 23.4 Å². The summed E-state index contributed by atoms with van der Waals surface area (Å²) in [6.07, 6.45) is 0. The Hall–Kier alpha value is -2.14. The molecule has 0 atom stereocenters. The fourth-order valence-corrected chi connectivity index (χ4v) is 2.41. The fourth-order valence-electron chi connectivity index (χ4n) is 1.62. The van der Waals surface area contributed by atoms with Crippen molar-refractivity contribution in [2.45, 2.75) is 4.90 Å². The molecule has 0 spiro atoms. The summed E-state index contributed by atoms with van der Waals surface area (Å²) in [5, 5.41) is 8.79. The van der Waals surface area contributed by atoms with Gasteiger partial charge in [0.05, 0.1) is 12.2 Å². The number of para-hydroxylation sites is 1. The molecule has 2 rings (SSSR count). The molecule has 2 aromatic carbocycles. The van der Waals surface area contributed by atoms with Crippen LogP contribution in [0.5, 0.6) is 5.75 Å². The van der Waals surface area contributed by atoms with Crippen molar-refractivity contribution in [3.05, 3.63) is 54.1 Å². The van der Waals surface area contributed by atoms with Gasteiger partial charge in [-0.15, -0.1) is 11.8 Å². The molecule has 2 aromatic rings. The average molecular weight is 289 g/mol. The zero-order chi connectivity index (χ0) is 14.4. The Morgan fingerprint density at radius 1 is 1.15 bits per heavy atom. The summed E-state index contributed by atoms with van der Waals surface area (Å²) in [5.74, 6) is 0.498. The first kappa shape index (κ1) is 14.3. The Balaban J connectivity index is 1.79. The number of hydrogen-bond acceptors (Lipinski definition) is 4. The van der Waals surface area contributed by atoms with Gasteiger partial charge in [-0.1, -0.05) is 12.1 Å². The lowest BCUT2D eigenvalue weighted by molar-refractivity contribution is 0.0697. The first-order valence-corrected chi connectivity index (χ1v) is 7.09. The SMILES string of the molecule is Nc1ccccc1SCCOc1ccc(C(=O)O)cc1. The van der Waals surface area contributed by atoms with Crippen LogP contribution in [0.1, 0.15) is 10.4 Å². The highest BCUT2D eigenvalue weighted by Gasteiger charge is 2.02. The maximum Gasteiger partial charge on any atom is 0.335 e. The normalized spacial score (nSPS) is 10.2. The van der Waals surface area contributed by atoms with Crippen molar-refractivity contribution in [3.63, 3.8) is 0 Å². The van der Waals surface area contributed by atoms with Crippen LogP contribution in [0.3, 0.4) is 0 Å². The van der Waals surface area contributed by atoms with Gasteiger partial charge < -0.3 is 15.6 Å². The molecule has 0 aliphatic heterocycles. The highest BCUT2D eigenvalue weighted by molar-refractivity contribution is 7.99. The van der Waals surface area contributed by atoms with E-state index in [0.29, 0.717) is 12.4 Å². The number of carboxylic acids is 1. The lowest BCUT2D eigenvalue weighted by Gasteiger charge is -2.07. The minimum Gasteiger partial charge on any atom is -0.493 e. The summed E-state index contributed by atoms with van der Waals surface area (Å²) in [4.78, 5) is 11.7. The molecule has 0 radical (unpaired) electrons. The molecule has 4 nitrogen and oxygen atoms in total. The van der Waals surface area contributed by atoms with Crippen molar-refractivity contribution in [3.8, 4) is 5.75 Å². The number of thioether (sulfide) groups is 1. The number of benzene rings is 2. The lowest BCUT2D eigenvalue weighted by Crippen LogP contribution is -2.01. The van der Waals surface area contributed by atoms with E-state index in [2.05, 4.69) is 0 Å². The van der Waals surface area contributed by atoms with E-state index in [4.69, 9.17) is 15.6 Å². The fraction of sp³-hybridized carbons (Fsp3) is 0.133. The van der Waals surface area contributed by atoms with Crippen molar-refractivity contribution in [1.29, 1.82) is 0 Å². The molecule has 3 N–H and O–H groups in total. The third-order valence-corrected chi connectivity index (χ3v) is 3.68. The number of anilines is 1. The van der Waals surface area contributed by atoms with Gasteiger partial charge in [-0.05, 0) is 36.4 Å². The number of carbonyl (C=O) groups is 1. The minimum absolute atomic E-state index is 0.254. The van der Waals surface area contributed by atoms with Crippen LogP contribution in [0.2, 0.25) is 0 Å². The van der Waals surface area contributed by atoms with Crippen LogP contribution >= 0.6 is 11.8 Å². The van der Waals surface area contributed by atoms with Gasteiger partial charge in [0, 0.05) is 16.3 Å². The van der Waals surface area contributed by atoms with Crippen LogP contribution in [-0.2, 0) is 0 Å². The van der Waals surface area contributed by atoms with Gasteiger partial charge in [0.25, 0.3) is 0 Å². The van der Waals surface area contributed by atoms with Gasteiger partial charge in [-0.25, -0.2) is 4.79 Å². The third-order valence-electron chi connectivity index (χ3n) is 2.63. The molecule has 0 unspecified atom stereocenters. The van der Waals surface area contributed by atoms with Crippen LogP contribution in [0.15, 0.2) is 53.4 Å². The number of nitrogen functional groups attached to an aromatic ring is 1. The van der Waals surface area contributed by atoms with Gasteiger partial charge in [0.15, 0.2) is 0 Å². The number of carboxylic acid groups (broad SMARTS) is 1. The largest absolute Gasteiger partial charge is 0.493 e. The topological polar surface area (TPSA) is 72.5 Å². The number of aromatic carboxylic acids is 1. The molecule has 5 heteroatoms. The molecule has 104 valence electrons. The average Bonchev–Trinajstić information content (AvgIpc) is 2.46. The van der Waals surface area contributed by atoms with Crippen molar-refractivity contribution < 1.29 is 14.6 Å². The molecule has 0 amide bonds. The minimum atomic E-state index is -0.938. The van der Waals surface area contributed by atoms with Crippen LogP contribution < -0.4 is 10.5 Å². The van der Waals surface area contributed by atoms with Gasteiger partial charge in [0.1, 0.15) is 5.75 Å². The molecule has 0 aliphatic carbocycles. The molecule has 0 aromatic heterocycles. The molecular weight excluding hydrogens is 274 g/mol. The zero-order valence-corrected chi connectivity index (χ0v) is 11.6. The second-order valence-corrected chi connectivity index (χ2v) is 5.20. The second-order valence-electron chi connectivity index (χ2n) is 4.06. The van der Waals surface area contributed by atoms with Gasteiger partial charge in [-0.2, -0.15) is 0 Å². The lowest BCUT2D eigenvalue weighted by atomic mass is 10.2. The summed E-state index contributed by atoms with van der Waals surface area (Å²) in [6.45, 7) is 0.533. The Labute approximate surface area is 121 Å². The van der Waals surface area contributed by atoms with Crippen LogP contribution in [0, 0.1) is 0 Å². The van der Waals surface area contributed by atoms with Gasteiger partial charge >= 0.3 is 5.97 Å². The second kappa shape index (κ2) is 6.86. The zero-order valence-electron chi connectivity index (χ0n) is 10.8. The molecule has 20 heavy (non-hydrogen) atoms. The van der Waals surface area contributed by atoms with E-state index in [1.165, 1.54) is 12.1 Å². The number of nitrogens with two attached hydrogens (primary N) is 1. The van der Waals surface area contributed by atoms with Crippen LogP contribution in [0.4, 0.5) is 5.69 Å².